The molecule has 0 radical (unpaired) electrons. The van der Waals surface area contributed by atoms with Gasteiger partial charge in [0.2, 0.25) is 5.16 Å². The van der Waals surface area contributed by atoms with Crippen molar-refractivity contribution in [1.29, 1.82) is 0 Å². The van der Waals surface area contributed by atoms with Crippen molar-refractivity contribution in [2.24, 2.45) is 0 Å². The number of aliphatic hydroxyl groups is 1. The number of hydrogen-bond acceptors (Lipinski definition) is 5. The first-order valence-corrected chi connectivity index (χ1v) is 10.4. The zero-order valence-electron chi connectivity index (χ0n) is 15.4. The number of fused-ring (bicyclic) bond motifs is 1. The summed E-state index contributed by atoms with van der Waals surface area (Å²) in [5.41, 5.74) is 4.09. The number of aromatic amines is 1. The van der Waals surface area contributed by atoms with Crippen molar-refractivity contribution in [3.63, 3.8) is 0 Å². The van der Waals surface area contributed by atoms with E-state index < -0.39 is 0 Å². The first kappa shape index (κ1) is 19.0. The molecule has 0 aliphatic rings. The molecule has 0 saturated carbocycles. The van der Waals surface area contributed by atoms with Gasteiger partial charge >= 0.3 is 0 Å². The summed E-state index contributed by atoms with van der Waals surface area (Å²) in [4.78, 5) is 9.26. The van der Waals surface area contributed by atoms with Crippen LogP contribution in [0.15, 0.2) is 47.6 Å². The van der Waals surface area contributed by atoms with Crippen molar-refractivity contribution in [3.05, 3.63) is 58.9 Å². The second-order valence-electron chi connectivity index (χ2n) is 6.34. The van der Waals surface area contributed by atoms with Crippen LogP contribution in [0.5, 0.6) is 0 Å². The summed E-state index contributed by atoms with van der Waals surface area (Å²) in [6.45, 7) is 2.64. The highest BCUT2D eigenvalue weighted by Gasteiger charge is 2.13. The van der Waals surface area contributed by atoms with Gasteiger partial charge < -0.3 is 9.67 Å². The van der Waals surface area contributed by atoms with Crippen LogP contribution >= 0.6 is 23.4 Å². The molecule has 0 unspecified atom stereocenters. The van der Waals surface area contributed by atoms with Crippen molar-refractivity contribution < 1.29 is 5.11 Å². The van der Waals surface area contributed by atoms with E-state index in [0.29, 0.717) is 22.5 Å². The lowest BCUT2D eigenvalue weighted by molar-refractivity contribution is 0.276. The van der Waals surface area contributed by atoms with Crippen LogP contribution in [0.4, 0.5) is 0 Å². The van der Waals surface area contributed by atoms with Crippen molar-refractivity contribution in [2.75, 3.05) is 6.61 Å². The summed E-state index contributed by atoms with van der Waals surface area (Å²) in [7, 11) is 0. The Morgan fingerprint density at radius 2 is 1.96 bits per heavy atom. The summed E-state index contributed by atoms with van der Waals surface area (Å²) in [6.07, 6.45) is 1.01. The van der Waals surface area contributed by atoms with Crippen LogP contribution in [-0.4, -0.2) is 36.4 Å². The third kappa shape index (κ3) is 3.92. The lowest BCUT2D eigenvalue weighted by Gasteiger charge is -2.06. The van der Waals surface area contributed by atoms with Gasteiger partial charge in [-0.3, -0.25) is 5.10 Å². The Hall–Kier alpha value is -2.35. The predicted octanol–water partition coefficient (Wildman–Crippen LogP) is 4.32. The molecule has 0 bridgehead atoms. The average Bonchev–Trinajstić information content (AvgIpc) is 3.32. The topological polar surface area (TPSA) is 79.6 Å². The van der Waals surface area contributed by atoms with Crippen molar-refractivity contribution in [2.45, 2.75) is 30.8 Å². The van der Waals surface area contributed by atoms with E-state index >= 15 is 0 Å². The number of thioether (sulfide) groups is 1. The Morgan fingerprint density at radius 3 is 2.71 bits per heavy atom. The molecule has 0 atom stereocenters. The maximum absolute atomic E-state index is 9.43. The van der Waals surface area contributed by atoms with Gasteiger partial charge in [0.25, 0.3) is 0 Å². The molecule has 0 amide bonds. The van der Waals surface area contributed by atoms with E-state index in [9.17, 15) is 5.11 Å². The minimum Gasteiger partial charge on any atom is -0.395 e. The van der Waals surface area contributed by atoms with E-state index in [0.717, 1.165) is 34.7 Å². The largest absolute Gasteiger partial charge is 0.395 e. The van der Waals surface area contributed by atoms with Crippen molar-refractivity contribution in [1.82, 2.24) is 24.7 Å². The van der Waals surface area contributed by atoms with Gasteiger partial charge in [-0.25, -0.2) is 9.97 Å². The van der Waals surface area contributed by atoms with Gasteiger partial charge in [-0.2, -0.15) is 0 Å². The smallest absolute Gasteiger partial charge is 0.209 e. The molecule has 4 rings (SSSR count). The highest BCUT2D eigenvalue weighted by molar-refractivity contribution is 7.98. The highest BCUT2D eigenvalue weighted by Crippen LogP contribution is 2.26. The number of rotatable bonds is 7. The Morgan fingerprint density at radius 1 is 1.14 bits per heavy atom. The number of halogens is 1. The number of H-pyrrole nitrogens is 1. The third-order valence-corrected chi connectivity index (χ3v) is 5.62. The fraction of sp³-hybridized carbons (Fsp3) is 0.250. The Bertz CT molecular complexity index is 1090. The molecular formula is C20H20ClN5OS. The minimum absolute atomic E-state index is 0.0359. The molecule has 0 aliphatic carbocycles. The fourth-order valence-corrected chi connectivity index (χ4v) is 3.98. The second kappa shape index (κ2) is 8.34. The molecule has 8 heteroatoms. The molecule has 0 aliphatic heterocycles. The number of hydrogen-bond donors (Lipinski definition) is 2. The summed E-state index contributed by atoms with van der Waals surface area (Å²) in [6, 6.07) is 13.9. The van der Waals surface area contributed by atoms with Crippen molar-refractivity contribution >= 4 is 34.4 Å². The zero-order valence-corrected chi connectivity index (χ0v) is 17.0. The van der Waals surface area contributed by atoms with Gasteiger partial charge in [-0.1, -0.05) is 54.6 Å². The maximum atomic E-state index is 9.43. The fourth-order valence-electron chi connectivity index (χ4n) is 3.07. The number of nitrogens with one attached hydrogen (secondary N) is 1. The van der Waals surface area contributed by atoms with E-state index in [1.165, 1.54) is 17.3 Å². The van der Waals surface area contributed by atoms with E-state index in [2.05, 4.69) is 51.4 Å². The lowest BCUT2D eigenvalue weighted by Crippen LogP contribution is -2.06. The number of imidazole rings is 1. The summed E-state index contributed by atoms with van der Waals surface area (Å²) in [5.74, 6) is 2.20. The van der Waals surface area contributed by atoms with E-state index in [1.54, 1.807) is 0 Å². The van der Waals surface area contributed by atoms with Crippen LogP contribution in [0.25, 0.3) is 22.4 Å². The number of nitrogens with zero attached hydrogens (tertiary/aromatic N) is 4. The lowest BCUT2D eigenvalue weighted by atomic mass is 10.1. The van der Waals surface area contributed by atoms with Gasteiger partial charge in [0.15, 0.2) is 5.82 Å². The zero-order chi connectivity index (χ0) is 19.5. The Balaban J connectivity index is 1.53. The van der Waals surface area contributed by atoms with Gasteiger partial charge in [-0.05, 0) is 30.2 Å². The third-order valence-electron chi connectivity index (χ3n) is 4.54. The summed E-state index contributed by atoms with van der Waals surface area (Å²) in [5, 5.41) is 18.1. The maximum Gasteiger partial charge on any atom is 0.209 e. The summed E-state index contributed by atoms with van der Waals surface area (Å²) >= 11 is 7.62. The number of aliphatic hydroxyl groups excluding tert-OH is 1. The highest BCUT2D eigenvalue weighted by atomic mass is 35.5. The molecule has 2 N–H and O–H groups in total. The van der Waals surface area contributed by atoms with Crippen LogP contribution in [0.1, 0.15) is 18.3 Å². The van der Waals surface area contributed by atoms with Crippen LogP contribution < -0.4 is 0 Å². The predicted molar refractivity (Wildman–Crippen MR) is 113 cm³/mol. The monoisotopic (exact) mass is 413 g/mol. The molecule has 2 heterocycles. The first-order valence-electron chi connectivity index (χ1n) is 9.08. The van der Waals surface area contributed by atoms with Crippen LogP contribution in [0.3, 0.4) is 0 Å². The van der Waals surface area contributed by atoms with Crippen LogP contribution in [0, 0.1) is 0 Å². The number of aromatic nitrogens is 5. The molecule has 4 aromatic rings. The van der Waals surface area contributed by atoms with Gasteiger partial charge in [-0.15, -0.1) is 5.10 Å². The minimum atomic E-state index is 0.0359. The standard InChI is InChI=1S/C20H20ClN5OS/c1-2-13-3-5-14(6-4-13)19-23-20(25-24-19)28-12-18-22-16-8-7-15(21)11-17(16)26(18)9-10-27/h3-8,11,27H,2,9-10,12H2,1H3,(H,23,24,25). The molecule has 144 valence electrons. The van der Waals surface area contributed by atoms with Crippen LogP contribution in [0.2, 0.25) is 5.02 Å². The average molecular weight is 414 g/mol. The molecule has 6 nitrogen and oxygen atoms in total. The molecular weight excluding hydrogens is 394 g/mol. The Labute approximate surface area is 172 Å². The second-order valence-corrected chi connectivity index (χ2v) is 7.72. The van der Waals surface area contributed by atoms with Gasteiger partial charge in [0.05, 0.1) is 23.4 Å². The van der Waals surface area contributed by atoms with Gasteiger partial charge in [0, 0.05) is 17.1 Å². The molecule has 2 aromatic heterocycles. The SMILES string of the molecule is CCc1ccc(-c2nc(SCc3nc4ccc(Cl)cc4n3CCO)n[nH]2)cc1. The van der Waals surface area contributed by atoms with Crippen molar-refractivity contribution in [3.8, 4) is 11.4 Å². The van der Waals surface area contributed by atoms with E-state index in [1.807, 2.05) is 22.8 Å². The molecule has 0 spiro atoms. The van der Waals surface area contributed by atoms with Crippen LogP contribution in [-0.2, 0) is 18.7 Å². The number of benzene rings is 2. The summed E-state index contributed by atoms with van der Waals surface area (Å²) < 4.78 is 1.99. The molecule has 0 saturated heterocycles. The molecule has 28 heavy (non-hydrogen) atoms. The Kier molecular flexibility index (Phi) is 5.66. The van der Waals surface area contributed by atoms with Gasteiger partial charge in [0.1, 0.15) is 5.82 Å². The van der Waals surface area contributed by atoms with E-state index in [-0.39, 0.29) is 6.61 Å². The molecule has 0 fully saturated rings. The first-order chi connectivity index (χ1) is 13.7. The normalized spacial score (nSPS) is 11.4. The quantitative estimate of drug-likeness (QED) is 0.441. The number of aryl methyl sites for hydroxylation is 1. The molecule has 2 aromatic carbocycles. The van der Waals surface area contributed by atoms with E-state index in [4.69, 9.17) is 11.6 Å².